The van der Waals surface area contributed by atoms with Crippen LogP contribution in [-0.4, -0.2) is 93.5 Å². The molecule has 2 bridgehead atoms. The van der Waals surface area contributed by atoms with Gasteiger partial charge in [0.25, 0.3) is 5.91 Å². The first kappa shape index (κ1) is 27.7. The normalized spacial score (nSPS) is 33.8. The van der Waals surface area contributed by atoms with Gasteiger partial charge in [-0.05, 0) is 70.8 Å². The molecule has 5 aliphatic rings. The average Bonchev–Trinajstić information content (AvgIpc) is 3.69. The molecule has 5 atom stereocenters. The molecule has 4 amide bonds. The molecule has 1 aromatic carbocycles. The minimum Gasteiger partial charge on any atom is -0.341 e. The Kier molecular flexibility index (Phi) is 7.43. The van der Waals surface area contributed by atoms with E-state index in [-0.39, 0.29) is 42.5 Å². The van der Waals surface area contributed by atoms with Gasteiger partial charge in [-0.2, -0.15) is 0 Å². The van der Waals surface area contributed by atoms with Crippen molar-refractivity contribution in [2.45, 2.75) is 108 Å². The highest BCUT2D eigenvalue weighted by atomic mass is 19.1. The van der Waals surface area contributed by atoms with Crippen molar-refractivity contribution in [3.05, 3.63) is 35.9 Å². The van der Waals surface area contributed by atoms with Crippen molar-refractivity contribution in [2.24, 2.45) is 11.8 Å². The van der Waals surface area contributed by atoms with Crippen LogP contribution >= 0.6 is 0 Å². The Labute approximate surface area is 238 Å². The molecular formula is C32H45FN4O3. The molecule has 4 aliphatic heterocycles. The van der Waals surface area contributed by atoms with E-state index in [1.807, 2.05) is 19.9 Å². The average molecular weight is 553 g/mol. The Bertz CT molecular complexity index is 1110. The van der Waals surface area contributed by atoms with Gasteiger partial charge in [0.1, 0.15) is 11.7 Å². The zero-order valence-corrected chi connectivity index (χ0v) is 24.3. The third-order valence-electron chi connectivity index (χ3n) is 10.5. The summed E-state index contributed by atoms with van der Waals surface area (Å²) in [6.07, 6.45) is 6.33. The SMILES string of the molecule is CC(F)CN1C(=O)N(C(C)C)C2(CC3CCC(C2)N3C[C@H]2CN(C(=O)C3CCCC3)C[C@@H]2c2ccccc2)C1=O. The van der Waals surface area contributed by atoms with E-state index in [2.05, 4.69) is 34.1 Å². The van der Waals surface area contributed by atoms with Crippen molar-refractivity contribution in [1.82, 2.24) is 19.6 Å². The second kappa shape index (κ2) is 10.7. The van der Waals surface area contributed by atoms with E-state index in [4.69, 9.17) is 0 Å². The number of benzene rings is 1. The number of alkyl halides is 1. The van der Waals surface area contributed by atoms with Crippen LogP contribution in [0.2, 0.25) is 0 Å². The minimum absolute atomic E-state index is 0.130. The maximum atomic E-state index is 14.0. The molecule has 3 unspecified atom stereocenters. The second-order valence-corrected chi connectivity index (χ2v) is 13.5. The van der Waals surface area contributed by atoms with Gasteiger partial charge in [-0.1, -0.05) is 43.2 Å². The Morgan fingerprint density at radius 3 is 2.23 bits per heavy atom. The number of halogens is 1. The third kappa shape index (κ3) is 4.64. The molecule has 1 aromatic rings. The Morgan fingerprint density at radius 1 is 0.975 bits per heavy atom. The Hall–Kier alpha value is -2.48. The second-order valence-electron chi connectivity index (χ2n) is 13.5. The summed E-state index contributed by atoms with van der Waals surface area (Å²) in [5.74, 6) is 0.945. The maximum Gasteiger partial charge on any atom is 0.328 e. The van der Waals surface area contributed by atoms with Crippen LogP contribution in [0.1, 0.15) is 83.6 Å². The van der Waals surface area contributed by atoms with Gasteiger partial charge in [0.15, 0.2) is 0 Å². The molecule has 1 spiro atoms. The van der Waals surface area contributed by atoms with Crippen LogP contribution in [0, 0.1) is 11.8 Å². The molecule has 4 saturated heterocycles. The summed E-state index contributed by atoms with van der Waals surface area (Å²) in [7, 11) is 0. The lowest BCUT2D eigenvalue weighted by atomic mass is 9.79. The van der Waals surface area contributed by atoms with Gasteiger partial charge in [-0.3, -0.25) is 19.4 Å². The lowest BCUT2D eigenvalue weighted by molar-refractivity contribution is -0.138. The molecule has 8 heteroatoms. The van der Waals surface area contributed by atoms with E-state index in [0.29, 0.717) is 30.6 Å². The van der Waals surface area contributed by atoms with Gasteiger partial charge in [0.05, 0.1) is 6.54 Å². The van der Waals surface area contributed by atoms with E-state index in [1.54, 1.807) is 4.90 Å². The maximum absolute atomic E-state index is 14.0. The first-order chi connectivity index (χ1) is 19.2. The molecule has 1 aliphatic carbocycles. The predicted molar refractivity (Wildman–Crippen MR) is 151 cm³/mol. The number of amides is 4. The lowest BCUT2D eigenvalue weighted by Crippen LogP contribution is -2.62. The van der Waals surface area contributed by atoms with Crippen molar-refractivity contribution in [1.29, 1.82) is 0 Å². The fourth-order valence-electron chi connectivity index (χ4n) is 8.88. The summed E-state index contributed by atoms with van der Waals surface area (Å²) in [5.41, 5.74) is 0.426. The Morgan fingerprint density at radius 2 is 1.62 bits per heavy atom. The lowest BCUT2D eigenvalue weighted by Gasteiger charge is -2.48. The van der Waals surface area contributed by atoms with Crippen LogP contribution in [0.15, 0.2) is 30.3 Å². The number of carbonyl (C=O) groups is 3. The highest BCUT2D eigenvalue weighted by Crippen LogP contribution is 2.49. The van der Waals surface area contributed by atoms with Crippen LogP contribution in [-0.2, 0) is 9.59 Å². The molecule has 0 radical (unpaired) electrons. The third-order valence-corrected chi connectivity index (χ3v) is 10.5. The number of carbonyl (C=O) groups excluding carboxylic acids is 3. The summed E-state index contributed by atoms with van der Waals surface area (Å²) in [6, 6.07) is 10.6. The Balaban J connectivity index is 1.23. The molecule has 5 fully saturated rings. The van der Waals surface area contributed by atoms with Crippen molar-refractivity contribution in [2.75, 3.05) is 26.2 Å². The number of likely N-dealkylation sites (tertiary alicyclic amines) is 1. The summed E-state index contributed by atoms with van der Waals surface area (Å²) < 4.78 is 14.0. The standard InChI is InChI=1S/C32H45FN4O3/c1-21(2)37-31(40)36(17-22(3)33)30(39)32(37)15-26-13-14-27(16-32)35(26)19-25-18-34(29(38)24-11-7-8-12-24)20-28(25)23-9-5-4-6-10-23/h4-6,9-10,21-22,24-28H,7-8,11-20H2,1-3H3/t22?,25-,26?,27?,28-,32?/m1/s1. The number of hydrogen-bond acceptors (Lipinski definition) is 4. The molecule has 7 nitrogen and oxygen atoms in total. The molecule has 1 saturated carbocycles. The van der Waals surface area contributed by atoms with Gasteiger partial charge >= 0.3 is 6.03 Å². The number of rotatable bonds is 7. The zero-order valence-electron chi connectivity index (χ0n) is 24.3. The fraction of sp³-hybridized carbons (Fsp3) is 0.719. The number of imide groups is 1. The van der Waals surface area contributed by atoms with E-state index in [9.17, 15) is 18.8 Å². The topological polar surface area (TPSA) is 64.2 Å². The van der Waals surface area contributed by atoms with Gasteiger partial charge in [0, 0.05) is 49.6 Å². The highest BCUT2D eigenvalue weighted by molar-refractivity contribution is 6.07. The van der Waals surface area contributed by atoms with Crippen LogP contribution in [0.3, 0.4) is 0 Å². The van der Waals surface area contributed by atoms with Crippen LogP contribution in [0.5, 0.6) is 0 Å². The largest absolute Gasteiger partial charge is 0.341 e. The fourth-order valence-corrected chi connectivity index (χ4v) is 8.88. The van der Waals surface area contributed by atoms with E-state index in [1.165, 1.54) is 17.4 Å². The first-order valence-electron chi connectivity index (χ1n) is 15.6. The van der Waals surface area contributed by atoms with Crippen LogP contribution in [0.4, 0.5) is 9.18 Å². The molecule has 218 valence electrons. The minimum atomic E-state index is -1.25. The smallest absolute Gasteiger partial charge is 0.328 e. The van der Waals surface area contributed by atoms with Gasteiger partial charge in [0.2, 0.25) is 5.91 Å². The van der Waals surface area contributed by atoms with Gasteiger partial charge < -0.3 is 9.80 Å². The number of urea groups is 1. The quantitative estimate of drug-likeness (QED) is 0.456. The molecular weight excluding hydrogens is 507 g/mol. The van der Waals surface area contributed by atoms with Crippen molar-refractivity contribution in [3.63, 3.8) is 0 Å². The number of piperidine rings is 1. The highest BCUT2D eigenvalue weighted by Gasteiger charge is 2.63. The zero-order chi connectivity index (χ0) is 28.2. The van der Waals surface area contributed by atoms with E-state index in [0.717, 1.165) is 58.2 Å². The van der Waals surface area contributed by atoms with E-state index < -0.39 is 11.7 Å². The molecule has 4 heterocycles. The summed E-state index contributed by atoms with van der Waals surface area (Å²) >= 11 is 0. The van der Waals surface area contributed by atoms with Crippen molar-refractivity contribution >= 4 is 17.8 Å². The first-order valence-corrected chi connectivity index (χ1v) is 15.6. The summed E-state index contributed by atoms with van der Waals surface area (Å²) in [5, 5.41) is 0. The molecule has 6 rings (SSSR count). The van der Waals surface area contributed by atoms with Gasteiger partial charge in [-0.25, -0.2) is 9.18 Å². The van der Waals surface area contributed by atoms with Gasteiger partial charge in [-0.15, -0.1) is 0 Å². The molecule has 0 aromatic heterocycles. The monoisotopic (exact) mass is 552 g/mol. The molecule has 0 N–H and O–H groups in total. The molecule has 40 heavy (non-hydrogen) atoms. The summed E-state index contributed by atoms with van der Waals surface area (Å²) in [6.45, 7) is 7.62. The van der Waals surface area contributed by atoms with Crippen molar-refractivity contribution < 1.29 is 18.8 Å². The van der Waals surface area contributed by atoms with Crippen molar-refractivity contribution in [3.8, 4) is 0 Å². The number of nitrogens with zero attached hydrogens (tertiary/aromatic N) is 4. The van der Waals surface area contributed by atoms with E-state index >= 15 is 0 Å². The predicted octanol–water partition coefficient (Wildman–Crippen LogP) is 4.82. The number of hydrogen-bond donors (Lipinski definition) is 0. The van der Waals surface area contributed by atoms with Crippen LogP contribution < -0.4 is 0 Å². The van der Waals surface area contributed by atoms with Crippen LogP contribution in [0.25, 0.3) is 0 Å². The summed E-state index contributed by atoms with van der Waals surface area (Å²) in [4.78, 5) is 48.4. The number of fused-ring (bicyclic) bond motifs is 2.